The Morgan fingerprint density at radius 3 is 2.52 bits per heavy atom. The third-order valence-electron chi connectivity index (χ3n) is 4.01. The summed E-state index contributed by atoms with van der Waals surface area (Å²) in [7, 11) is 0. The largest absolute Gasteiger partial charge is 0.481 e. The minimum absolute atomic E-state index is 0.122. The predicted octanol–water partition coefficient (Wildman–Crippen LogP) is 2.85. The average Bonchev–Trinajstić information content (AvgIpc) is 2.43. The van der Waals surface area contributed by atoms with E-state index in [1.807, 2.05) is 6.92 Å². The number of carbonyl (C=O) groups excluding carboxylic acids is 1. The van der Waals surface area contributed by atoms with Gasteiger partial charge in [-0.2, -0.15) is 11.8 Å². The molecule has 1 saturated carbocycles. The van der Waals surface area contributed by atoms with Gasteiger partial charge >= 0.3 is 12.0 Å². The van der Waals surface area contributed by atoms with E-state index in [9.17, 15) is 9.59 Å². The highest BCUT2D eigenvalue weighted by atomic mass is 32.2. The molecule has 1 aliphatic rings. The topological polar surface area (TPSA) is 78.4 Å². The van der Waals surface area contributed by atoms with Gasteiger partial charge in [-0.05, 0) is 30.9 Å². The number of thioether (sulfide) groups is 1. The maximum Gasteiger partial charge on any atom is 0.315 e. The van der Waals surface area contributed by atoms with Crippen molar-refractivity contribution >= 4 is 23.8 Å². The molecule has 0 saturated heterocycles. The highest BCUT2D eigenvalue weighted by molar-refractivity contribution is 7.99. The van der Waals surface area contributed by atoms with E-state index in [4.69, 9.17) is 5.11 Å². The standard InChI is InChI=1S/C15H28N2O3S/c1-3-21-10-12(2)17-14(20)16-11-15(9-13(18)19)7-5-4-6-8-15/h12H,3-11H2,1-2H3,(H,18,19)(H2,16,17,20). The van der Waals surface area contributed by atoms with E-state index in [0.29, 0.717) is 6.54 Å². The van der Waals surface area contributed by atoms with Crippen molar-refractivity contribution in [1.29, 1.82) is 0 Å². The molecule has 0 heterocycles. The number of carboxylic acid groups (broad SMARTS) is 1. The number of aliphatic carboxylic acids is 1. The summed E-state index contributed by atoms with van der Waals surface area (Å²) in [6.45, 7) is 4.53. The summed E-state index contributed by atoms with van der Waals surface area (Å²) in [6, 6.07) is -0.0636. The summed E-state index contributed by atoms with van der Waals surface area (Å²) >= 11 is 1.79. The first-order chi connectivity index (χ1) is 9.97. The molecule has 1 fully saturated rings. The molecule has 2 amide bonds. The second kappa shape index (κ2) is 9.18. The van der Waals surface area contributed by atoms with Crippen LogP contribution in [0.25, 0.3) is 0 Å². The lowest BCUT2D eigenvalue weighted by Gasteiger charge is -2.36. The third kappa shape index (κ3) is 7.07. The Balaban J connectivity index is 2.41. The van der Waals surface area contributed by atoms with E-state index < -0.39 is 5.97 Å². The van der Waals surface area contributed by atoms with Crippen molar-refractivity contribution in [2.75, 3.05) is 18.1 Å². The Labute approximate surface area is 131 Å². The van der Waals surface area contributed by atoms with Crippen LogP contribution in [-0.2, 0) is 4.79 Å². The zero-order valence-electron chi connectivity index (χ0n) is 13.1. The number of rotatable bonds is 8. The lowest BCUT2D eigenvalue weighted by Crippen LogP contribution is -2.47. The molecule has 1 aliphatic carbocycles. The number of carbonyl (C=O) groups is 2. The van der Waals surface area contributed by atoms with Crippen molar-refractivity contribution in [1.82, 2.24) is 10.6 Å². The maximum atomic E-state index is 11.9. The zero-order chi connectivity index (χ0) is 15.7. The van der Waals surface area contributed by atoms with Crippen molar-refractivity contribution < 1.29 is 14.7 Å². The Morgan fingerprint density at radius 2 is 1.95 bits per heavy atom. The molecule has 122 valence electrons. The number of carboxylic acids is 1. The maximum absolute atomic E-state index is 11.9. The van der Waals surface area contributed by atoms with Crippen LogP contribution in [0.1, 0.15) is 52.4 Å². The minimum atomic E-state index is -0.771. The first kappa shape index (κ1) is 18.1. The number of nitrogens with one attached hydrogen (secondary N) is 2. The molecule has 1 rings (SSSR count). The SMILES string of the molecule is CCSCC(C)NC(=O)NCC1(CC(=O)O)CCCCC1. The number of urea groups is 1. The van der Waals surface area contributed by atoms with Gasteiger partial charge in [-0.1, -0.05) is 26.2 Å². The van der Waals surface area contributed by atoms with Gasteiger partial charge in [0.05, 0.1) is 6.42 Å². The van der Waals surface area contributed by atoms with Gasteiger partial charge in [0.15, 0.2) is 0 Å². The van der Waals surface area contributed by atoms with Crippen LogP contribution < -0.4 is 10.6 Å². The lowest BCUT2D eigenvalue weighted by molar-refractivity contribution is -0.140. The summed E-state index contributed by atoms with van der Waals surface area (Å²) in [5, 5.41) is 14.9. The zero-order valence-corrected chi connectivity index (χ0v) is 13.9. The van der Waals surface area contributed by atoms with Crippen LogP contribution >= 0.6 is 11.8 Å². The fraction of sp³-hybridized carbons (Fsp3) is 0.867. The van der Waals surface area contributed by atoms with Crippen molar-refractivity contribution in [2.24, 2.45) is 5.41 Å². The van der Waals surface area contributed by atoms with Crippen LogP contribution in [0.3, 0.4) is 0 Å². The third-order valence-corrected chi connectivity index (χ3v) is 5.16. The van der Waals surface area contributed by atoms with E-state index in [0.717, 1.165) is 37.2 Å². The molecule has 21 heavy (non-hydrogen) atoms. The number of hydrogen-bond donors (Lipinski definition) is 3. The molecular weight excluding hydrogens is 288 g/mol. The molecule has 0 bridgehead atoms. The molecule has 0 aromatic carbocycles. The summed E-state index contributed by atoms with van der Waals surface area (Å²) in [5.74, 6) is 1.16. The van der Waals surface area contributed by atoms with Gasteiger partial charge in [0, 0.05) is 18.3 Å². The monoisotopic (exact) mass is 316 g/mol. The highest BCUT2D eigenvalue weighted by Gasteiger charge is 2.34. The predicted molar refractivity (Wildman–Crippen MR) is 86.8 cm³/mol. The van der Waals surface area contributed by atoms with Gasteiger partial charge in [-0.3, -0.25) is 4.79 Å². The van der Waals surface area contributed by atoms with Crippen LogP contribution in [0.2, 0.25) is 0 Å². The molecule has 0 spiro atoms. The van der Waals surface area contributed by atoms with Crippen molar-refractivity contribution in [3.8, 4) is 0 Å². The Kier molecular flexibility index (Phi) is 7.93. The van der Waals surface area contributed by atoms with Gasteiger partial charge in [-0.15, -0.1) is 0 Å². The summed E-state index contributed by atoms with van der Waals surface area (Å²) in [5.41, 5.74) is -0.261. The smallest absolute Gasteiger partial charge is 0.315 e. The van der Waals surface area contributed by atoms with Crippen LogP contribution in [-0.4, -0.2) is 41.2 Å². The summed E-state index contributed by atoms with van der Waals surface area (Å²) in [6.07, 6.45) is 5.20. The van der Waals surface area contributed by atoms with Gasteiger partial charge in [-0.25, -0.2) is 4.79 Å². The fourth-order valence-corrected chi connectivity index (χ4v) is 3.59. The van der Waals surface area contributed by atoms with Crippen LogP contribution in [0.15, 0.2) is 0 Å². The molecule has 5 nitrogen and oxygen atoms in total. The molecule has 0 aromatic rings. The Hall–Kier alpha value is -0.910. The van der Waals surface area contributed by atoms with E-state index in [1.54, 1.807) is 11.8 Å². The van der Waals surface area contributed by atoms with Crippen molar-refractivity contribution in [3.05, 3.63) is 0 Å². The molecule has 1 unspecified atom stereocenters. The second-order valence-corrected chi connectivity index (χ2v) is 7.34. The van der Waals surface area contributed by atoms with E-state index in [1.165, 1.54) is 6.42 Å². The number of hydrogen-bond acceptors (Lipinski definition) is 3. The van der Waals surface area contributed by atoms with Crippen molar-refractivity contribution in [2.45, 2.75) is 58.4 Å². The molecule has 3 N–H and O–H groups in total. The second-order valence-electron chi connectivity index (χ2n) is 6.02. The first-order valence-electron chi connectivity index (χ1n) is 7.81. The molecule has 1 atom stereocenters. The van der Waals surface area contributed by atoms with Gasteiger partial charge in [0.25, 0.3) is 0 Å². The summed E-state index contributed by atoms with van der Waals surface area (Å²) in [4.78, 5) is 23.0. The summed E-state index contributed by atoms with van der Waals surface area (Å²) < 4.78 is 0. The number of amides is 2. The lowest BCUT2D eigenvalue weighted by atomic mass is 9.72. The fourth-order valence-electron chi connectivity index (χ4n) is 2.92. The Bertz CT molecular complexity index is 344. The first-order valence-corrected chi connectivity index (χ1v) is 8.97. The quantitative estimate of drug-likeness (QED) is 0.643. The average molecular weight is 316 g/mol. The molecule has 0 aromatic heterocycles. The van der Waals surface area contributed by atoms with Crippen LogP contribution in [0.5, 0.6) is 0 Å². The van der Waals surface area contributed by atoms with E-state index in [2.05, 4.69) is 17.6 Å². The normalized spacial score (nSPS) is 18.8. The van der Waals surface area contributed by atoms with E-state index in [-0.39, 0.29) is 23.9 Å². The Morgan fingerprint density at radius 1 is 1.29 bits per heavy atom. The molecule has 0 radical (unpaired) electrons. The van der Waals surface area contributed by atoms with Gasteiger partial charge in [0.2, 0.25) is 0 Å². The van der Waals surface area contributed by atoms with Crippen molar-refractivity contribution in [3.63, 3.8) is 0 Å². The highest BCUT2D eigenvalue weighted by Crippen LogP contribution is 2.38. The molecule has 6 heteroatoms. The van der Waals surface area contributed by atoms with Gasteiger partial charge < -0.3 is 15.7 Å². The van der Waals surface area contributed by atoms with Crippen LogP contribution in [0.4, 0.5) is 4.79 Å². The molecule has 0 aliphatic heterocycles. The molecular formula is C15H28N2O3S. The van der Waals surface area contributed by atoms with Gasteiger partial charge in [0.1, 0.15) is 0 Å². The van der Waals surface area contributed by atoms with E-state index >= 15 is 0 Å². The van der Waals surface area contributed by atoms with Crippen LogP contribution in [0, 0.1) is 5.41 Å². The minimum Gasteiger partial charge on any atom is -0.481 e.